The molecule has 1 amide bonds. The molecular formula is C17H14N2O2. The average Bonchev–Trinajstić information content (AvgIpc) is 2.55. The minimum Gasteiger partial charge on any atom is -0.481 e. The predicted octanol–water partition coefficient (Wildman–Crippen LogP) is 3.50. The van der Waals surface area contributed by atoms with Gasteiger partial charge in [-0.15, -0.1) is 0 Å². The Labute approximate surface area is 122 Å². The van der Waals surface area contributed by atoms with Gasteiger partial charge in [0.15, 0.2) is 0 Å². The molecule has 4 heteroatoms. The molecule has 0 spiro atoms. The number of carbonyl (C=O) groups excluding carboxylic acids is 1. The van der Waals surface area contributed by atoms with Crippen LogP contribution in [-0.4, -0.2) is 18.0 Å². The lowest BCUT2D eigenvalue weighted by atomic mass is 10.1. The zero-order chi connectivity index (χ0) is 14.7. The lowest BCUT2D eigenvalue weighted by Gasteiger charge is -2.06. The first kappa shape index (κ1) is 13.1. The summed E-state index contributed by atoms with van der Waals surface area (Å²) in [5, 5.41) is 4.97. The van der Waals surface area contributed by atoms with Gasteiger partial charge in [0, 0.05) is 11.6 Å². The number of methoxy groups -OCH3 is 1. The first-order valence-electron chi connectivity index (χ1n) is 6.56. The fourth-order valence-corrected chi connectivity index (χ4v) is 2.11. The quantitative estimate of drug-likeness (QED) is 0.797. The molecule has 0 aliphatic heterocycles. The number of hydrogen-bond donors (Lipinski definition) is 1. The molecule has 0 saturated heterocycles. The first-order valence-corrected chi connectivity index (χ1v) is 6.56. The minimum absolute atomic E-state index is 0.160. The number of anilines is 1. The van der Waals surface area contributed by atoms with Crippen LogP contribution in [-0.2, 0) is 0 Å². The van der Waals surface area contributed by atoms with Gasteiger partial charge in [0.05, 0.1) is 19.0 Å². The Balaban J connectivity index is 1.82. The summed E-state index contributed by atoms with van der Waals surface area (Å²) in [4.78, 5) is 16.3. The van der Waals surface area contributed by atoms with E-state index in [2.05, 4.69) is 10.3 Å². The van der Waals surface area contributed by atoms with E-state index in [0.717, 1.165) is 10.8 Å². The van der Waals surface area contributed by atoms with E-state index < -0.39 is 0 Å². The second-order valence-corrected chi connectivity index (χ2v) is 4.61. The Kier molecular flexibility index (Phi) is 3.51. The van der Waals surface area contributed by atoms with E-state index in [0.29, 0.717) is 17.1 Å². The van der Waals surface area contributed by atoms with Gasteiger partial charge in [-0.25, -0.2) is 4.98 Å². The van der Waals surface area contributed by atoms with Gasteiger partial charge in [0.2, 0.25) is 5.88 Å². The highest BCUT2D eigenvalue weighted by atomic mass is 16.5. The van der Waals surface area contributed by atoms with Crippen LogP contribution in [0, 0.1) is 0 Å². The van der Waals surface area contributed by atoms with E-state index in [1.165, 1.54) is 0 Å². The van der Waals surface area contributed by atoms with Crippen molar-refractivity contribution in [3.63, 3.8) is 0 Å². The van der Waals surface area contributed by atoms with Crippen molar-refractivity contribution >= 4 is 22.4 Å². The Morgan fingerprint density at radius 1 is 1.05 bits per heavy atom. The van der Waals surface area contributed by atoms with Gasteiger partial charge in [0.1, 0.15) is 0 Å². The number of aromatic nitrogens is 1. The van der Waals surface area contributed by atoms with Gasteiger partial charge in [-0.1, -0.05) is 30.3 Å². The Morgan fingerprint density at radius 3 is 2.57 bits per heavy atom. The predicted molar refractivity (Wildman–Crippen MR) is 82.7 cm³/mol. The number of nitrogens with zero attached hydrogens (tertiary/aromatic N) is 1. The van der Waals surface area contributed by atoms with Crippen LogP contribution < -0.4 is 10.1 Å². The molecule has 0 unspecified atom stereocenters. The van der Waals surface area contributed by atoms with Crippen molar-refractivity contribution in [3.8, 4) is 5.88 Å². The molecule has 0 fully saturated rings. The van der Waals surface area contributed by atoms with Crippen molar-refractivity contribution in [1.82, 2.24) is 4.98 Å². The van der Waals surface area contributed by atoms with Crippen LogP contribution in [0.4, 0.5) is 5.69 Å². The summed E-state index contributed by atoms with van der Waals surface area (Å²) < 4.78 is 4.98. The Bertz CT molecular complexity index is 782. The molecule has 0 aliphatic carbocycles. The number of benzene rings is 2. The number of carbonyl (C=O) groups is 1. The molecular weight excluding hydrogens is 264 g/mol. The van der Waals surface area contributed by atoms with Gasteiger partial charge < -0.3 is 10.1 Å². The zero-order valence-corrected chi connectivity index (χ0v) is 11.5. The normalized spacial score (nSPS) is 10.3. The Hall–Kier alpha value is -2.88. The second-order valence-electron chi connectivity index (χ2n) is 4.61. The lowest BCUT2D eigenvalue weighted by molar-refractivity contribution is 0.102. The fraction of sp³-hybridized carbons (Fsp3) is 0.0588. The van der Waals surface area contributed by atoms with Gasteiger partial charge in [-0.3, -0.25) is 4.79 Å². The summed E-state index contributed by atoms with van der Waals surface area (Å²) >= 11 is 0. The largest absolute Gasteiger partial charge is 0.481 e. The van der Waals surface area contributed by atoms with Crippen LogP contribution in [0.3, 0.4) is 0 Å². The molecule has 1 aromatic heterocycles. The molecule has 0 bridgehead atoms. The van der Waals surface area contributed by atoms with Crippen molar-refractivity contribution in [1.29, 1.82) is 0 Å². The zero-order valence-electron chi connectivity index (χ0n) is 11.5. The molecule has 0 saturated carbocycles. The van der Waals surface area contributed by atoms with E-state index >= 15 is 0 Å². The maximum Gasteiger partial charge on any atom is 0.255 e. The van der Waals surface area contributed by atoms with E-state index in [1.54, 1.807) is 25.4 Å². The van der Waals surface area contributed by atoms with E-state index in [9.17, 15) is 4.79 Å². The molecule has 1 N–H and O–H groups in total. The van der Waals surface area contributed by atoms with Crippen molar-refractivity contribution in [3.05, 3.63) is 66.4 Å². The van der Waals surface area contributed by atoms with Crippen molar-refractivity contribution in [2.75, 3.05) is 12.4 Å². The number of pyridine rings is 1. The molecule has 4 nitrogen and oxygen atoms in total. The van der Waals surface area contributed by atoms with Crippen molar-refractivity contribution in [2.24, 2.45) is 0 Å². The SMILES string of the molecule is COc1ccc(NC(=O)c2ccc3ccccc3c2)cn1. The van der Waals surface area contributed by atoms with Crippen LogP contribution >= 0.6 is 0 Å². The topological polar surface area (TPSA) is 51.2 Å². The summed E-state index contributed by atoms with van der Waals surface area (Å²) in [6.07, 6.45) is 1.57. The summed E-state index contributed by atoms with van der Waals surface area (Å²) in [6.45, 7) is 0. The molecule has 3 aromatic rings. The molecule has 104 valence electrons. The number of nitrogens with one attached hydrogen (secondary N) is 1. The maximum atomic E-state index is 12.2. The number of hydrogen-bond acceptors (Lipinski definition) is 3. The molecule has 3 rings (SSSR count). The monoisotopic (exact) mass is 278 g/mol. The summed E-state index contributed by atoms with van der Waals surface area (Å²) in [7, 11) is 1.55. The third-order valence-electron chi connectivity index (χ3n) is 3.22. The van der Waals surface area contributed by atoms with Crippen LogP contribution in [0.5, 0.6) is 5.88 Å². The molecule has 0 atom stereocenters. The van der Waals surface area contributed by atoms with Gasteiger partial charge in [-0.2, -0.15) is 0 Å². The molecule has 0 aliphatic rings. The van der Waals surface area contributed by atoms with Crippen LogP contribution in [0.25, 0.3) is 10.8 Å². The third kappa shape index (κ3) is 2.84. The fourth-order valence-electron chi connectivity index (χ4n) is 2.11. The number of ether oxygens (including phenoxy) is 1. The van der Waals surface area contributed by atoms with E-state index in [-0.39, 0.29) is 5.91 Å². The second kappa shape index (κ2) is 5.63. The van der Waals surface area contributed by atoms with E-state index in [1.807, 2.05) is 42.5 Å². The molecule has 0 radical (unpaired) electrons. The van der Waals surface area contributed by atoms with Crippen LogP contribution in [0.2, 0.25) is 0 Å². The van der Waals surface area contributed by atoms with Gasteiger partial charge in [-0.05, 0) is 29.0 Å². The summed E-state index contributed by atoms with van der Waals surface area (Å²) in [5.41, 5.74) is 1.25. The lowest BCUT2D eigenvalue weighted by Crippen LogP contribution is -2.11. The summed E-state index contributed by atoms with van der Waals surface area (Å²) in [6, 6.07) is 17.0. The first-order chi connectivity index (χ1) is 10.3. The van der Waals surface area contributed by atoms with Crippen LogP contribution in [0.1, 0.15) is 10.4 Å². The maximum absolute atomic E-state index is 12.2. The highest BCUT2D eigenvalue weighted by Gasteiger charge is 2.07. The van der Waals surface area contributed by atoms with Crippen molar-refractivity contribution in [2.45, 2.75) is 0 Å². The smallest absolute Gasteiger partial charge is 0.255 e. The molecule has 1 heterocycles. The van der Waals surface area contributed by atoms with Crippen molar-refractivity contribution < 1.29 is 9.53 Å². The van der Waals surface area contributed by atoms with Gasteiger partial charge >= 0.3 is 0 Å². The third-order valence-corrected chi connectivity index (χ3v) is 3.22. The Morgan fingerprint density at radius 2 is 1.86 bits per heavy atom. The van der Waals surface area contributed by atoms with Gasteiger partial charge in [0.25, 0.3) is 5.91 Å². The highest BCUT2D eigenvalue weighted by Crippen LogP contribution is 2.17. The summed E-state index contributed by atoms with van der Waals surface area (Å²) in [5.74, 6) is 0.353. The molecule has 21 heavy (non-hydrogen) atoms. The number of rotatable bonds is 3. The van der Waals surface area contributed by atoms with Crippen LogP contribution in [0.15, 0.2) is 60.8 Å². The minimum atomic E-state index is -0.160. The standard InChI is InChI=1S/C17H14N2O2/c1-21-16-9-8-15(11-18-16)19-17(20)14-7-6-12-4-2-3-5-13(12)10-14/h2-11H,1H3,(H,19,20). The molecule has 2 aromatic carbocycles. The van der Waals surface area contributed by atoms with E-state index in [4.69, 9.17) is 4.74 Å². The number of fused-ring (bicyclic) bond motifs is 1. The average molecular weight is 278 g/mol. The number of amides is 1. The highest BCUT2D eigenvalue weighted by molar-refractivity contribution is 6.06.